The van der Waals surface area contributed by atoms with E-state index < -0.39 is 0 Å². The first-order chi connectivity index (χ1) is 12.3. The van der Waals surface area contributed by atoms with Crippen LogP contribution in [-0.2, 0) is 15.9 Å². The molecule has 6 nitrogen and oxygen atoms in total. The molecule has 1 aliphatic carbocycles. The van der Waals surface area contributed by atoms with Crippen LogP contribution in [0.25, 0.3) is 0 Å². The second-order valence-corrected chi connectivity index (χ2v) is 6.89. The molecule has 2 fully saturated rings. The van der Waals surface area contributed by atoms with Crippen LogP contribution in [0.15, 0.2) is 27.8 Å². The highest BCUT2D eigenvalue weighted by Crippen LogP contribution is 2.37. The van der Waals surface area contributed by atoms with Gasteiger partial charge in [-0.15, -0.1) is 24.0 Å². The van der Waals surface area contributed by atoms with Gasteiger partial charge in [0.05, 0.1) is 19.4 Å². The lowest BCUT2D eigenvalue weighted by Gasteiger charge is -2.31. The van der Waals surface area contributed by atoms with E-state index in [9.17, 15) is 0 Å². The van der Waals surface area contributed by atoms with E-state index in [0.29, 0.717) is 13.2 Å². The van der Waals surface area contributed by atoms with Crippen molar-refractivity contribution in [2.75, 3.05) is 26.2 Å². The summed E-state index contributed by atoms with van der Waals surface area (Å²) in [4.78, 5) is 4.70. The molecule has 0 aromatic carbocycles. The summed E-state index contributed by atoms with van der Waals surface area (Å²) in [7, 11) is 0. The van der Waals surface area contributed by atoms with Crippen LogP contribution in [0.3, 0.4) is 0 Å². The van der Waals surface area contributed by atoms with E-state index in [1.54, 1.807) is 6.26 Å². The highest BCUT2D eigenvalue weighted by molar-refractivity contribution is 14.0. The highest BCUT2D eigenvalue weighted by atomic mass is 127. The molecular formula is C19H32IN3O3. The Hall–Kier alpha value is -0.800. The van der Waals surface area contributed by atoms with Crippen molar-refractivity contribution in [3.8, 4) is 0 Å². The van der Waals surface area contributed by atoms with E-state index in [-0.39, 0.29) is 35.9 Å². The zero-order valence-corrected chi connectivity index (χ0v) is 18.0. The molecule has 7 heteroatoms. The molecule has 1 saturated heterocycles. The van der Waals surface area contributed by atoms with Crippen LogP contribution in [-0.4, -0.2) is 44.1 Å². The predicted octanol–water partition coefficient (Wildman–Crippen LogP) is 3.46. The first-order valence-electron chi connectivity index (χ1n) is 9.66. The van der Waals surface area contributed by atoms with Crippen molar-refractivity contribution >= 4 is 29.9 Å². The fraction of sp³-hybridized carbons (Fsp3) is 0.737. The molecular weight excluding hydrogens is 445 g/mol. The number of nitrogens with zero attached hydrogens (tertiary/aromatic N) is 1. The van der Waals surface area contributed by atoms with Crippen LogP contribution in [0.2, 0.25) is 0 Å². The zero-order chi connectivity index (χ0) is 17.4. The average Bonchev–Trinajstić information content (AvgIpc) is 3.28. The highest BCUT2D eigenvalue weighted by Gasteiger charge is 2.42. The number of hydrogen-bond acceptors (Lipinski definition) is 4. The molecule has 1 unspecified atom stereocenters. The van der Waals surface area contributed by atoms with Crippen molar-refractivity contribution in [3.05, 3.63) is 24.2 Å². The van der Waals surface area contributed by atoms with Gasteiger partial charge in [0.2, 0.25) is 0 Å². The standard InChI is InChI=1S/C19H31N3O3.HI/c1-2-11-20-18(21-12-8-16-7-6-13-23-16)22-14-17-15-24-19(25-17)9-4-3-5-10-19;/h6-7,13,17H,2-5,8-12,14-15H2,1H3,(H2,20,21,22);1H. The molecule has 1 atom stereocenters. The normalized spacial score (nSPS) is 22.2. The van der Waals surface area contributed by atoms with Crippen LogP contribution in [0, 0.1) is 0 Å². The van der Waals surface area contributed by atoms with Gasteiger partial charge < -0.3 is 24.5 Å². The van der Waals surface area contributed by atoms with Gasteiger partial charge in [0.1, 0.15) is 11.9 Å². The lowest BCUT2D eigenvalue weighted by Crippen LogP contribution is -2.39. The number of rotatable bonds is 7. The third kappa shape index (κ3) is 6.42. The van der Waals surface area contributed by atoms with Gasteiger partial charge in [-0.05, 0) is 31.4 Å². The van der Waals surface area contributed by atoms with Crippen LogP contribution in [0.1, 0.15) is 51.2 Å². The fourth-order valence-corrected chi connectivity index (χ4v) is 3.43. The van der Waals surface area contributed by atoms with E-state index in [0.717, 1.165) is 50.5 Å². The number of nitrogens with one attached hydrogen (secondary N) is 2. The zero-order valence-electron chi connectivity index (χ0n) is 15.7. The third-order valence-electron chi connectivity index (χ3n) is 4.77. The van der Waals surface area contributed by atoms with Crippen molar-refractivity contribution < 1.29 is 13.9 Å². The van der Waals surface area contributed by atoms with Crippen molar-refractivity contribution in [1.29, 1.82) is 0 Å². The van der Waals surface area contributed by atoms with Gasteiger partial charge in [-0.1, -0.05) is 13.3 Å². The van der Waals surface area contributed by atoms with Crippen LogP contribution in [0.5, 0.6) is 0 Å². The average molecular weight is 477 g/mol. The Bertz CT molecular complexity index is 530. The quantitative estimate of drug-likeness (QED) is 0.358. The minimum absolute atomic E-state index is 0. The Morgan fingerprint density at radius 1 is 1.23 bits per heavy atom. The molecule has 0 radical (unpaired) electrons. The molecule has 3 rings (SSSR count). The van der Waals surface area contributed by atoms with Gasteiger partial charge in [-0.25, -0.2) is 0 Å². The number of aliphatic imine (C=N–C) groups is 1. The molecule has 0 amide bonds. The molecule has 148 valence electrons. The van der Waals surface area contributed by atoms with Gasteiger partial charge in [-0.3, -0.25) is 4.99 Å². The van der Waals surface area contributed by atoms with Gasteiger partial charge in [0.15, 0.2) is 11.7 Å². The topological polar surface area (TPSA) is 68.0 Å². The number of hydrogen-bond donors (Lipinski definition) is 2. The number of ether oxygens (including phenoxy) is 2. The summed E-state index contributed by atoms with van der Waals surface area (Å²) in [5.41, 5.74) is 0. The van der Waals surface area contributed by atoms with Crippen molar-refractivity contribution in [1.82, 2.24) is 10.6 Å². The van der Waals surface area contributed by atoms with Crippen LogP contribution in [0.4, 0.5) is 0 Å². The Morgan fingerprint density at radius 3 is 2.77 bits per heavy atom. The Balaban J connectivity index is 0.00000243. The molecule has 2 heterocycles. The summed E-state index contributed by atoms with van der Waals surface area (Å²) in [5.74, 6) is 1.50. The second-order valence-electron chi connectivity index (χ2n) is 6.89. The maximum Gasteiger partial charge on any atom is 0.191 e. The molecule has 2 aliphatic rings. The van der Waals surface area contributed by atoms with E-state index in [4.69, 9.17) is 18.9 Å². The molecule has 1 aromatic rings. The number of halogens is 1. The molecule has 0 bridgehead atoms. The van der Waals surface area contributed by atoms with Crippen molar-refractivity contribution in [2.24, 2.45) is 4.99 Å². The molecule has 2 N–H and O–H groups in total. The molecule has 1 aliphatic heterocycles. The van der Waals surface area contributed by atoms with Crippen molar-refractivity contribution in [2.45, 2.75) is 63.8 Å². The minimum Gasteiger partial charge on any atom is -0.469 e. The fourth-order valence-electron chi connectivity index (χ4n) is 3.43. The maximum atomic E-state index is 6.21. The van der Waals surface area contributed by atoms with Gasteiger partial charge in [-0.2, -0.15) is 0 Å². The predicted molar refractivity (Wildman–Crippen MR) is 113 cm³/mol. The summed E-state index contributed by atoms with van der Waals surface area (Å²) >= 11 is 0. The van der Waals surface area contributed by atoms with Crippen LogP contribution >= 0.6 is 24.0 Å². The summed E-state index contributed by atoms with van der Waals surface area (Å²) in [6.07, 6.45) is 9.41. The lowest BCUT2D eigenvalue weighted by molar-refractivity contribution is -0.186. The molecule has 1 aromatic heterocycles. The van der Waals surface area contributed by atoms with Gasteiger partial charge in [0, 0.05) is 32.4 Å². The molecule has 1 spiro atoms. The maximum absolute atomic E-state index is 6.21. The Kier molecular flexibility index (Phi) is 9.21. The summed E-state index contributed by atoms with van der Waals surface area (Å²) in [6.45, 7) is 5.11. The SMILES string of the molecule is CCCNC(=NCC1COC2(CCCCC2)O1)NCCc1ccco1.I. The summed E-state index contributed by atoms with van der Waals surface area (Å²) in [6, 6.07) is 3.91. The van der Waals surface area contributed by atoms with Crippen molar-refractivity contribution in [3.63, 3.8) is 0 Å². The van der Waals surface area contributed by atoms with E-state index in [1.165, 1.54) is 19.3 Å². The lowest BCUT2D eigenvalue weighted by atomic mass is 9.94. The third-order valence-corrected chi connectivity index (χ3v) is 4.77. The first-order valence-corrected chi connectivity index (χ1v) is 9.66. The van der Waals surface area contributed by atoms with Crippen LogP contribution < -0.4 is 10.6 Å². The van der Waals surface area contributed by atoms with Gasteiger partial charge >= 0.3 is 0 Å². The summed E-state index contributed by atoms with van der Waals surface area (Å²) in [5, 5.41) is 6.73. The second kappa shape index (κ2) is 11.1. The summed E-state index contributed by atoms with van der Waals surface area (Å²) < 4.78 is 17.6. The van der Waals surface area contributed by atoms with E-state index in [1.807, 2.05) is 12.1 Å². The monoisotopic (exact) mass is 477 g/mol. The molecule has 26 heavy (non-hydrogen) atoms. The number of guanidine groups is 1. The molecule has 1 saturated carbocycles. The minimum atomic E-state index is -0.317. The largest absolute Gasteiger partial charge is 0.469 e. The van der Waals surface area contributed by atoms with Gasteiger partial charge in [0.25, 0.3) is 0 Å². The Morgan fingerprint density at radius 2 is 2.04 bits per heavy atom. The Labute approximate surface area is 173 Å². The first kappa shape index (κ1) is 21.5. The smallest absolute Gasteiger partial charge is 0.191 e. The van der Waals surface area contributed by atoms with E-state index >= 15 is 0 Å². The number of furan rings is 1. The van der Waals surface area contributed by atoms with E-state index in [2.05, 4.69) is 17.6 Å².